The van der Waals surface area contributed by atoms with Crippen molar-refractivity contribution < 1.29 is 18.6 Å². The number of hydrogen-bond acceptors (Lipinski definition) is 3. The van der Waals surface area contributed by atoms with E-state index in [0.29, 0.717) is 17.3 Å². The summed E-state index contributed by atoms with van der Waals surface area (Å²) in [7, 11) is 0. The highest BCUT2D eigenvalue weighted by Gasteiger charge is 2.29. The SMILES string of the molecule is OCc1c(C2CC2)cnn1-c1ccccc1OC(F)F. The molecule has 1 N–H and O–H groups in total. The highest BCUT2D eigenvalue weighted by Crippen LogP contribution is 2.42. The minimum Gasteiger partial charge on any atom is -0.433 e. The van der Waals surface area contributed by atoms with Crippen LogP contribution in [0, 0.1) is 0 Å². The summed E-state index contributed by atoms with van der Waals surface area (Å²) >= 11 is 0. The van der Waals surface area contributed by atoms with Gasteiger partial charge in [0.1, 0.15) is 5.69 Å². The first-order valence-corrected chi connectivity index (χ1v) is 6.42. The Bertz CT molecular complexity index is 609. The van der Waals surface area contributed by atoms with Crippen molar-refractivity contribution in [1.29, 1.82) is 0 Å². The van der Waals surface area contributed by atoms with Crippen LogP contribution in [0.4, 0.5) is 8.78 Å². The van der Waals surface area contributed by atoms with Crippen molar-refractivity contribution in [3.63, 3.8) is 0 Å². The van der Waals surface area contributed by atoms with Crippen LogP contribution < -0.4 is 4.74 Å². The summed E-state index contributed by atoms with van der Waals surface area (Å²) in [6.45, 7) is -3.08. The zero-order valence-electron chi connectivity index (χ0n) is 10.7. The first-order valence-electron chi connectivity index (χ1n) is 6.42. The zero-order chi connectivity index (χ0) is 14.1. The lowest BCUT2D eigenvalue weighted by atomic mass is 10.1. The number of para-hydroxylation sites is 2. The number of hydrogen-bond donors (Lipinski definition) is 1. The normalized spacial score (nSPS) is 14.8. The van der Waals surface area contributed by atoms with Crippen LogP contribution in [0.1, 0.15) is 30.0 Å². The largest absolute Gasteiger partial charge is 0.433 e. The van der Waals surface area contributed by atoms with E-state index in [4.69, 9.17) is 0 Å². The molecule has 6 heteroatoms. The van der Waals surface area contributed by atoms with E-state index >= 15 is 0 Å². The summed E-state index contributed by atoms with van der Waals surface area (Å²) in [5.41, 5.74) is 2.03. The Balaban J connectivity index is 2.04. The molecule has 0 aliphatic heterocycles. The number of aromatic nitrogens is 2. The number of benzene rings is 1. The maximum atomic E-state index is 12.4. The number of aliphatic hydroxyl groups excluding tert-OH is 1. The molecule has 1 aliphatic rings. The Morgan fingerprint density at radius 3 is 2.75 bits per heavy atom. The van der Waals surface area contributed by atoms with Gasteiger partial charge in [-0.25, -0.2) is 4.68 Å². The third-order valence-corrected chi connectivity index (χ3v) is 3.38. The van der Waals surface area contributed by atoms with Crippen LogP contribution >= 0.6 is 0 Å². The summed E-state index contributed by atoms with van der Waals surface area (Å²) in [6.07, 6.45) is 3.85. The first-order chi connectivity index (χ1) is 9.70. The molecule has 0 bridgehead atoms. The summed E-state index contributed by atoms with van der Waals surface area (Å²) in [6, 6.07) is 6.43. The molecule has 1 aromatic heterocycles. The van der Waals surface area contributed by atoms with Crippen molar-refractivity contribution >= 4 is 0 Å². The number of rotatable bonds is 5. The predicted octanol–water partition coefficient (Wildman–Crippen LogP) is 2.84. The van der Waals surface area contributed by atoms with Crippen molar-refractivity contribution in [2.75, 3.05) is 0 Å². The summed E-state index contributed by atoms with van der Waals surface area (Å²) < 4.78 is 30.9. The number of nitrogens with zero attached hydrogens (tertiary/aromatic N) is 2. The molecule has 106 valence electrons. The molecule has 1 heterocycles. The number of ether oxygens (including phenoxy) is 1. The van der Waals surface area contributed by atoms with Gasteiger partial charge in [0.2, 0.25) is 0 Å². The lowest BCUT2D eigenvalue weighted by molar-refractivity contribution is -0.0499. The molecule has 0 atom stereocenters. The second kappa shape index (κ2) is 5.20. The highest BCUT2D eigenvalue weighted by molar-refractivity contribution is 5.48. The molecular weight excluding hydrogens is 266 g/mol. The summed E-state index contributed by atoms with van der Waals surface area (Å²) in [5, 5.41) is 13.8. The maximum absolute atomic E-state index is 12.4. The Morgan fingerprint density at radius 1 is 1.35 bits per heavy atom. The molecule has 1 aromatic carbocycles. The van der Waals surface area contributed by atoms with Gasteiger partial charge in [-0.05, 0) is 36.5 Å². The van der Waals surface area contributed by atoms with Gasteiger partial charge in [0.05, 0.1) is 18.5 Å². The van der Waals surface area contributed by atoms with Crippen LogP contribution in [0.15, 0.2) is 30.5 Å². The van der Waals surface area contributed by atoms with Gasteiger partial charge in [-0.15, -0.1) is 0 Å². The van der Waals surface area contributed by atoms with E-state index in [1.54, 1.807) is 24.4 Å². The third-order valence-electron chi connectivity index (χ3n) is 3.38. The Hall–Kier alpha value is -1.95. The number of aliphatic hydroxyl groups is 1. The molecule has 0 saturated heterocycles. The third kappa shape index (κ3) is 2.38. The number of alkyl halides is 2. The predicted molar refractivity (Wildman–Crippen MR) is 68.1 cm³/mol. The van der Waals surface area contributed by atoms with Crippen LogP contribution in [0.2, 0.25) is 0 Å². The Kier molecular flexibility index (Phi) is 3.40. The standard InChI is InChI=1S/C14H14F2N2O2/c15-14(16)20-13-4-2-1-3-11(13)18-12(8-19)10(7-17-18)9-5-6-9/h1-4,7,9,14,19H,5-6,8H2. The topological polar surface area (TPSA) is 47.3 Å². The molecule has 20 heavy (non-hydrogen) atoms. The first kappa shape index (κ1) is 13.1. The molecule has 1 aliphatic carbocycles. The van der Waals surface area contributed by atoms with Crippen molar-refractivity contribution in [3.05, 3.63) is 41.7 Å². The van der Waals surface area contributed by atoms with Gasteiger partial charge >= 0.3 is 6.61 Å². The van der Waals surface area contributed by atoms with E-state index < -0.39 is 6.61 Å². The van der Waals surface area contributed by atoms with Crippen molar-refractivity contribution in [3.8, 4) is 11.4 Å². The van der Waals surface area contributed by atoms with E-state index in [2.05, 4.69) is 9.84 Å². The molecule has 0 unspecified atom stereocenters. The van der Waals surface area contributed by atoms with Gasteiger partial charge in [0.15, 0.2) is 5.75 Å². The number of halogens is 2. The van der Waals surface area contributed by atoms with Crippen LogP contribution in [0.5, 0.6) is 5.75 Å². The van der Waals surface area contributed by atoms with Crippen LogP contribution in [-0.4, -0.2) is 21.5 Å². The van der Waals surface area contributed by atoms with Crippen LogP contribution in [0.25, 0.3) is 5.69 Å². The molecule has 4 nitrogen and oxygen atoms in total. The summed E-state index contributed by atoms with van der Waals surface area (Å²) in [5.74, 6) is 0.469. The van der Waals surface area contributed by atoms with Gasteiger partial charge in [0, 0.05) is 0 Å². The van der Waals surface area contributed by atoms with Gasteiger partial charge in [-0.2, -0.15) is 13.9 Å². The van der Waals surface area contributed by atoms with E-state index in [1.165, 1.54) is 10.7 Å². The Morgan fingerprint density at radius 2 is 2.10 bits per heavy atom. The second-order valence-electron chi connectivity index (χ2n) is 4.74. The van der Waals surface area contributed by atoms with Crippen LogP contribution in [0.3, 0.4) is 0 Å². The summed E-state index contributed by atoms with van der Waals surface area (Å²) in [4.78, 5) is 0. The van der Waals surface area contributed by atoms with Gasteiger partial charge in [-0.1, -0.05) is 12.1 Å². The smallest absolute Gasteiger partial charge is 0.387 e. The monoisotopic (exact) mass is 280 g/mol. The molecule has 2 aromatic rings. The van der Waals surface area contributed by atoms with E-state index in [1.807, 2.05) is 0 Å². The van der Waals surface area contributed by atoms with Gasteiger partial charge < -0.3 is 9.84 Å². The Labute approximate surface area is 114 Å². The molecule has 0 amide bonds. The molecule has 1 saturated carbocycles. The molecule has 0 radical (unpaired) electrons. The lowest BCUT2D eigenvalue weighted by Crippen LogP contribution is -2.09. The second-order valence-corrected chi connectivity index (χ2v) is 4.74. The van der Waals surface area contributed by atoms with Crippen LogP contribution in [-0.2, 0) is 6.61 Å². The molecule has 1 fully saturated rings. The fraction of sp³-hybridized carbons (Fsp3) is 0.357. The van der Waals surface area contributed by atoms with E-state index in [0.717, 1.165) is 18.4 Å². The highest BCUT2D eigenvalue weighted by atomic mass is 19.3. The van der Waals surface area contributed by atoms with Crippen molar-refractivity contribution in [2.45, 2.75) is 32.0 Å². The average molecular weight is 280 g/mol. The molecular formula is C14H14F2N2O2. The van der Waals surface area contributed by atoms with E-state index in [9.17, 15) is 13.9 Å². The fourth-order valence-electron chi connectivity index (χ4n) is 2.32. The molecule has 3 rings (SSSR count). The molecule has 0 spiro atoms. The quantitative estimate of drug-likeness (QED) is 0.916. The average Bonchev–Trinajstić information content (AvgIpc) is 3.18. The van der Waals surface area contributed by atoms with Gasteiger partial charge in [0.25, 0.3) is 0 Å². The minimum atomic E-state index is -2.90. The lowest BCUT2D eigenvalue weighted by Gasteiger charge is -2.12. The van der Waals surface area contributed by atoms with E-state index in [-0.39, 0.29) is 12.4 Å². The van der Waals surface area contributed by atoms with Gasteiger partial charge in [-0.3, -0.25) is 0 Å². The zero-order valence-corrected chi connectivity index (χ0v) is 10.7. The fourth-order valence-corrected chi connectivity index (χ4v) is 2.32. The van der Waals surface area contributed by atoms with Crippen molar-refractivity contribution in [1.82, 2.24) is 9.78 Å². The maximum Gasteiger partial charge on any atom is 0.387 e. The van der Waals surface area contributed by atoms with Crippen molar-refractivity contribution in [2.24, 2.45) is 0 Å². The minimum absolute atomic E-state index is 0.0441.